The number of carbonyl (C=O) groups excluding carboxylic acids is 1. The number of methoxy groups -OCH3 is 1. The molecule has 2 fully saturated rings. The van der Waals surface area contributed by atoms with Crippen LogP contribution in [0.1, 0.15) is 98.8 Å². The van der Waals surface area contributed by atoms with E-state index in [0.717, 1.165) is 64.0 Å². The fraction of sp³-hybridized carbons (Fsp3) is 0.645. The molecule has 5 rings (SSSR count). The topological polar surface area (TPSA) is 104 Å². The van der Waals surface area contributed by atoms with Crippen molar-refractivity contribution in [2.75, 3.05) is 33.3 Å². The first-order valence-corrected chi connectivity index (χ1v) is 16.9. The molecule has 3 N–H and O–H groups in total. The van der Waals surface area contributed by atoms with Crippen molar-refractivity contribution >= 4 is 15.9 Å². The number of aromatic amines is 1. The summed E-state index contributed by atoms with van der Waals surface area (Å²) in [5.74, 6) is -0.0370. The van der Waals surface area contributed by atoms with Crippen LogP contribution in [0.3, 0.4) is 0 Å². The summed E-state index contributed by atoms with van der Waals surface area (Å²) in [7, 11) is -2.43. The summed E-state index contributed by atoms with van der Waals surface area (Å²) >= 11 is 0. The minimum atomic E-state index is -3.82. The summed E-state index contributed by atoms with van der Waals surface area (Å²) in [6, 6.07) is 5.68. The predicted molar refractivity (Wildman–Crippen MR) is 157 cm³/mol. The summed E-state index contributed by atoms with van der Waals surface area (Å²) in [6.07, 6.45) is 14.0. The Labute approximate surface area is 243 Å². The van der Waals surface area contributed by atoms with E-state index >= 15 is 0 Å². The average molecular weight is 589 g/mol. The number of piperidine rings is 1. The lowest BCUT2D eigenvalue weighted by atomic mass is 9.76. The van der Waals surface area contributed by atoms with Crippen LogP contribution in [0.4, 0.5) is 4.39 Å². The first-order valence-electron chi connectivity index (χ1n) is 15.4. The Morgan fingerprint density at radius 3 is 2.56 bits per heavy atom. The Kier molecular flexibility index (Phi) is 9.71. The molecule has 226 valence electrons. The lowest BCUT2D eigenvalue weighted by Gasteiger charge is -2.40. The Balaban J connectivity index is 1.06. The first kappa shape index (κ1) is 30.0. The molecule has 8 nitrogen and oxygen atoms in total. The summed E-state index contributed by atoms with van der Waals surface area (Å²) in [5, 5.41) is 6.92. The molecule has 1 aromatic carbocycles. The van der Waals surface area contributed by atoms with Crippen molar-refractivity contribution in [2.24, 2.45) is 5.92 Å². The maximum absolute atomic E-state index is 13.8. The third kappa shape index (κ3) is 6.81. The zero-order valence-electron chi connectivity index (χ0n) is 24.3. The van der Waals surface area contributed by atoms with Crippen molar-refractivity contribution in [2.45, 2.75) is 93.9 Å². The second-order valence-corrected chi connectivity index (χ2v) is 13.9. The molecule has 10 heteroatoms. The molecule has 1 aromatic heterocycles. The highest BCUT2D eigenvalue weighted by Crippen LogP contribution is 2.39. The third-order valence-corrected chi connectivity index (χ3v) is 11.3. The Hall–Kier alpha value is -2.43. The molecule has 2 aliphatic heterocycles. The largest absolute Gasteiger partial charge is 0.495 e. The summed E-state index contributed by atoms with van der Waals surface area (Å²) in [6.45, 7) is 2.41. The predicted octanol–water partition coefficient (Wildman–Crippen LogP) is 5.25. The zero-order chi connectivity index (χ0) is 28.9. The highest BCUT2D eigenvalue weighted by Gasteiger charge is 2.38. The van der Waals surface area contributed by atoms with E-state index in [0.29, 0.717) is 31.2 Å². The molecule has 1 aliphatic carbocycles. The molecule has 1 spiro atoms. The number of H-pyrrole nitrogens is 1. The van der Waals surface area contributed by atoms with Gasteiger partial charge in [0.05, 0.1) is 7.11 Å². The van der Waals surface area contributed by atoms with Crippen LogP contribution in [0.2, 0.25) is 0 Å². The zero-order valence-corrected chi connectivity index (χ0v) is 25.1. The van der Waals surface area contributed by atoms with Gasteiger partial charge in [0.25, 0.3) is 5.91 Å². The van der Waals surface area contributed by atoms with E-state index in [2.05, 4.69) is 21.7 Å². The van der Waals surface area contributed by atoms with Crippen molar-refractivity contribution in [1.29, 1.82) is 0 Å². The molecule has 0 atom stereocenters. The van der Waals surface area contributed by atoms with Gasteiger partial charge >= 0.3 is 0 Å². The molecule has 0 bridgehead atoms. The monoisotopic (exact) mass is 588 g/mol. The van der Waals surface area contributed by atoms with E-state index in [1.807, 2.05) is 0 Å². The lowest BCUT2D eigenvalue weighted by molar-refractivity contribution is 0.0948. The number of fused-ring (bicyclic) bond motifs is 2. The highest BCUT2D eigenvalue weighted by molar-refractivity contribution is 7.89. The smallest absolute Gasteiger partial charge is 0.267 e. The number of nitrogens with zero attached hydrogens (tertiary/aromatic N) is 1. The van der Waals surface area contributed by atoms with Crippen LogP contribution in [0.15, 0.2) is 29.2 Å². The average Bonchev–Trinajstić information content (AvgIpc) is 3.41. The van der Waals surface area contributed by atoms with Gasteiger partial charge in [0, 0.05) is 43.8 Å². The Morgan fingerprint density at radius 2 is 1.83 bits per heavy atom. The van der Waals surface area contributed by atoms with Crippen molar-refractivity contribution in [3.63, 3.8) is 0 Å². The SMILES string of the molecule is COc1ccc(F)cc1S(=O)(=O)N1CCC(CCCCNC(=O)c2cc3c([nH]2)CCNC32CCCCCCC2)CC1. The molecule has 0 radical (unpaired) electrons. The van der Waals surface area contributed by atoms with Crippen molar-refractivity contribution in [1.82, 2.24) is 19.9 Å². The lowest BCUT2D eigenvalue weighted by Crippen LogP contribution is -2.47. The van der Waals surface area contributed by atoms with Crippen molar-refractivity contribution in [3.8, 4) is 5.75 Å². The first-order chi connectivity index (χ1) is 19.8. The van der Waals surface area contributed by atoms with E-state index in [4.69, 9.17) is 4.74 Å². The number of unbranched alkanes of at least 4 members (excludes halogenated alkanes) is 1. The molecule has 1 saturated heterocycles. The van der Waals surface area contributed by atoms with Crippen LogP contribution in [0, 0.1) is 11.7 Å². The molecule has 2 aromatic rings. The minimum absolute atomic E-state index is 0.0152. The highest BCUT2D eigenvalue weighted by atomic mass is 32.2. The van der Waals surface area contributed by atoms with E-state index in [1.165, 1.54) is 66.9 Å². The van der Waals surface area contributed by atoms with E-state index < -0.39 is 15.8 Å². The van der Waals surface area contributed by atoms with Crippen molar-refractivity contribution < 1.29 is 22.3 Å². The number of aromatic nitrogens is 1. The van der Waals surface area contributed by atoms with Crippen LogP contribution in [-0.2, 0) is 22.0 Å². The number of ether oxygens (including phenoxy) is 1. The second kappa shape index (κ2) is 13.3. The maximum atomic E-state index is 13.8. The second-order valence-electron chi connectivity index (χ2n) is 12.0. The van der Waals surface area contributed by atoms with Crippen LogP contribution < -0.4 is 15.4 Å². The third-order valence-electron chi connectivity index (χ3n) is 9.35. The molecule has 41 heavy (non-hydrogen) atoms. The van der Waals surface area contributed by atoms with Gasteiger partial charge < -0.3 is 20.4 Å². The van der Waals surface area contributed by atoms with Gasteiger partial charge in [-0.2, -0.15) is 4.31 Å². The van der Waals surface area contributed by atoms with E-state index in [-0.39, 0.29) is 22.1 Å². The summed E-state index contributed by atoms with van der Waals surface area (Å²) < 4.78 is 46.6. The fourth-order valence-corrected chi connectivity index (χ4v) is 8.64. The van der Waals surface area contributed by atoms with Gasteiger partial charge in [-0.25, -0.2) is 12.8 Å². The molecule has 3 heterocycles. The maximum Gasteiger partial charge on any atom is 0.267 e. The van der Waals surface area contributed by atoms with Crippen LogP contribution in [-0.4, -0.2) is 56.9 Å². The van der Waals surface area contributed by atoms with Gasteiger partial charge in [-0.1, -0.05) is 44.9 Å². The van der Waals surface area contributed by atoms with E-state index in [9.17, 15) is 17.6 Å². The van der Waals surface area contributed by atoms with Crippen molar-refractivity contribution in [3.05, 3.63) is 47.0 Å². The minimum Gasteiger partial charge on any atom is -0.495 e. The van der Waals surface area contributed by atoms with Gasteiger partial charge in [-0.3, -0.25) is 4.79 Å². The molecule has 3 aliphatic rings. The fourth-order valence-electron chi connectivity index (χ4n) is 7.01. The van der Waals surface area contributed by atoms with Gasteiger partial charge in [0.1, 0.15) is 22.2 Å². The number of benzene rings is 1. The van der Waals surface area contributed by atoms with Crippen LogP contribution >= 0.6 is 0 Å². The number of sulfonamides is 1. The summed E-state index contributed by atoms with van der Waals surface area (Å²) in [4.78, 5) is 16.3. The number of hydrogen-bond donors (Lipinski definition) is 3. The molecule has 1 amide bonds. The molecule has 0 unspecified atom stereocenters. The van der Waals surface area contributed by atoms with Gasteiger partial charge in [0.15, 0.2) is 0 Å². The number of rotatable bonds is 9. The Bertz CT molecular complexity index is 1300. The number of halogens is 1. The summed E-state index contributed by atoms with van der Waals surface area (Å²) in [5.41, 5.74) is 3.21. The normalized spacial score (nSPS) is 20.2. The number of carbonyl (C=O) groups is 1. The Morgan fingerprint density at radius 1 is 1.10 bits per heavy atom. The van der Waals surface area contributed by atoms with E-state index in [1.54, 1.807) is 0 Å². The molecular weight excluding hydrogens is 543 g/mol. The van der Waals surface area contributed by atoms with Gasteiger partial charge in [-0.05, 0) is 67.9 Å². The van der Waals surface area contributed by atoms with Crippen LogP contribution in [0.25, 0.3) is 0 Å². The van der Waals surface area contributed by atoms with Gasteiger partial charge in [0.2, 0.25) is 10.0 Å². The number of hydrogen-bond acceptors (Lipinski definition) is 5. The van der Waals surface area contributed by atoms with Crippen LogP contribution in [0.5, 0.6) is 5.75 Å². The molecular formula is C31H45FN4O4S. The number of nitrogens with one attached hydrogen (secondary N) is 3. The standard InChI is InChI=1S/C31H45FN4O4S/c1-40-28-11-10-24(32)21-29(28)41(38,39)36-19-13-23(14-20-36)9-5-8-17-33-30(37)27-22-25-26(35-27)12-18-34-31(25)15-6-3-2-4-7-16-31/h10-11,21-23,34-35H,2-9,12-20H2,1H3,(H,33,37). The molecule has 1 saturated carbocycles. The number of amides is 1. The van der Waals surface area contributed by atoms with Gasteiger partial charge in [-0.15, -0.1) is 0 Å². The quantitative estimate of drug-likeness (QED) is 0.347.